The van der Waals surface area contributed by atoms with E-state index in [0.717, 1.165) is 11.3 Å². The molecular weight excluding hydrogens is 88.1 g/mol. The highest BCUT2D eigenvalue weighted by Gasteiger charge is 1.87. The second-order valence-electron chi connectivity index (χ2n) is 1.59. The Kier molecular flexibility index (Phi) is 0.635. The summed E-state index contributed by atoms with van der Waals surface area (Å²) in [5.74, 6) is 0. The monoisotopic (exact) mass is 97.1 g/mol. The lowest BCUT2D eigenvalue weighted by molar-refractivity contribution is 1.04. The van der Waals surface area contributed by atoms with E-state index >= 15 is 0 Å². The number of hydrogen-bond donors (Lipinski definition) is 1. The van der Waals surface area contributed by atoms with Crippen LogP contribution in [0.3, 0.4) is 0 Å². The van der Waals surface area contributed by atoms with Gasteiger partial charge in [0.2, 0.25) is 0 Å². The van der Waals surface area contributed by atoms with Crippen molar-refractivity contribution in [1.82, 2.24) is 10.2 Å². The van der Waals surface area contributed by atoms with Gasteiger partial charge >= 0.3 is 0 Å². The zero-order chi connectivity index (χ0) is 6.15. The first kappa shape index (κ1) is 3.24. The van der Waals surface area contributed by atoms with Crippen LogP contribution in [0.4, 0.5) is 0 Å². The quantitative estimate of drug-likeness (QED) is 0.514. The Bertz CT molecular complexity index is 173. The van der Waals surface area contributed by atoms with Crippen molar-refractivity contribution in [2.24, 2.45) is 0 Å². The number of aryl methyl sites for hydroxylation is 1. The van der Waals surface area contributed by atoms with E-state index in [1.54, 1.807) is 0 Å². The largest absolute Gasteiger partial charge is 0.283 e. The molecule has 0 saturated heterocycles. The fourth-order valence-corrected chi connectivity index (χ4v) is 0.363. The Morgan fingerprint density at radius 2 is 2.57 bits per heavy atom. The molecule has 1 aromatic heterocycles. The zero-order valence-electron chi connectivity index (χ0n) is 5.45. The van der Waals surface area contributed by atoms with Crippen molar-refractivity contribution in [1.29, 1.82) is 0 Å². The molecule has 0 aromatic carbocycles. The van der Waals surface area contributed by atoms with Gasteiger partial charge in [0.25, 0.3) is 0 Å². The van der Waals surface area contributed by atoms with Crippen LogP contribution >= 0.6 is 0 Å². The maximum Gasteiger partial charge on any atom is 0.0863 e. The van der Waals surface area contributed by atoms with Crippen LogP contribution in [0.25, 0.3) is 0 Å². The number of H-pyrrole nitrogens is 1. The van der Waals surface area contributed by atoms with E-state index in [1.807, 2.05) is 13.8 Å². The first-order valence-corrected chi connectivity index (χ1v) is 2.20. The van der Waals surface area contributed by atoms with E-state index in [0.29, 0.717) is 6.17 Å². The van der Waals surface area contributed by atoms with Gasteiger partial charge in [-0.05, 0) is 19.4 Å². The molecule has 0 spiro atoms. The summed E-state index contributed by atoms with van der Waals surface area (Å²) < 4.78 is 7.10. The normalized spacial score (nSPS) is 11.4. The van der Waals surface area contributed by atoms with Crippen LogP contribution in [0.5, 0.6) is 0 Å². The molecule has 1 rings (SSSR count). The topological polar surface area (TPSA) is 28.7 Å². The van der Waals surface area contributed by atoms with Gasteiger partial charge in [-0.3, -0.25) is 5.10 Å². The summed E-state index contributed by atoms with van der Waals surface area (Å²) in [5, 5.41) is 6.36. The Morgan fingerprint density at radius 3 is 2.71 bits per heavy atom. The van der Waals surface area contributed by atoms with Gasteiger partial charge in [0, 0.05) is 5.69 Å². The highest BCUT2D eigenvalue weighted by Crippen LogP contribution is 1.96. The van der Waals surface area contributed by atoms with Crippen molar-refractivity contribution in [2.75, 3.05) is 0 Å². The van der Waals surface area contributed by atoms with E-state index in [9.17, 15) is 0 Å². The van der Waals surface area contributed by atoms with E-state index in [1.165, 1.54) is 0 Å². The van der Waals surface area contributed by atoms with Crippen LogP contribution in [0.1, 0.15) is 12.6 Å². The molecule has 0 aliphatic carbocycles. The van der Waals surface area contributed by atoms with Crippen molar-refractivity contribution < 1.29 is 1.37 Å². The molecule has 0 bridgehead atoms. The Labute approximate surface area is 44.0 Å². The summed E-state index contributed by atoms with van der Waals surface area (Å²) in [5.41, 5.74) is 1.92. The summed E-state index contributed by atoms with van der Waals surface area (Å²) >= 11 is 0. The average molecular weight is 97.1 g/mol. The standard InChI is InChI=1S/C5H8N2/c1-4-3-6-7-5(4)2/h3H,1-2H3,(H,6,7)/i3D. The molecule has 0 fully saturated rings. The second kappa shape index (κ2) is 1.37. The first-order chi connectivity index (χ1) is 3.72. The van der Waals surface area contributed by atoms with Crippen LogP contribution < -0.4 is 0 Å². The van der Waals surface area contributed by atoms with Gasteiger partial charge in [0.05, 0.1) is 7.54 Å². The van der Waals surface area contributed by atoms with E-state index in [-0.39, 0.29) is 0 Å². The molecular formula is C5H8N2. The molecule has 0 radical (unpaired) electrons. The number of rotatable bonds is 0. The van der Waals surface area contributed by atoms with Crippen LogP contribution in [0.15, 0.2) is 6.17 Å². The molecule has 1 aromatic rings. The molecule has 0 aliphatic rings. The molecule has 0 unspecified atom stereocenters. The molecule has 0 atom stereocenters. The lowest BCUT2D eigenvalue weighted by atomic mass is 10.3. The lowest BCUT2D eigenvalue weighted by Gasteiger charge is -1.78. The Hall–Kier alpha value is -0.790. The van der Waals surface area contributed by atoms with Gasteiger partial charge in [0.15, 0.2) is 0 Å². The molecule has 1 heterocycles. The van der Waals surface area contributed by atoms with Gasteiger partial charge in [0.1, 0.15) is 0 Å². The van der Waals surface area contributed by atoms with E-state index < -0.39 is 0 Å². The molecule has 0 saturated carbocycles. The third-order valence-corrected chi connectivity index (χ3v) is 1.01. The maximum absolute atomic E-state index is 7.10. The smallest absolute Gasteiger partial charge is 0.0863 e. The fraction of sp³-hybridized carbons (Fsp3) is 0.400. The summed E-state index contributed by atoms with van der Waals surface area (Å²) in [6.45, 7) is 3.78. The van der Waals surface area contributed by atoms with Crippen LogP contribution in [0.2, 0.25) is 0 Å². The Morgan fingerprint density at radius 1 is 1.86 bits per heavy atom. The van der Waals surface area contributed by atoms with Crippen molar-refractivity contribution in [2.45, 2.75) is 13.8 Å². The highest BCUT2D eigenvalue weighted by atomic mass is 15.1. The third-order valence-electron chi connectivity index (χ3n) is 1.01. The third kappa shape index (κ3) is 0.633. The zero-order valence-corrected chi connectivity index (χ0v) is 4.45. The number of hydrogen-bond acceptors (Lipinski definition) is 1. The van der Waals surface area contributed by atoms with Crippen LogP contribution in [-0.2, 0) is 0 Å². The molecule has 38 valence electrons. The lowest BCUT2D eigenvalue weighted by Crippen LogP contribution is -1.70. The minimum Gasteiger partial charge on any atom is -0.283 e. The summed E-state index contributed by atoms with van der Waals surface area (Å²) in [7, 11) is 0. The van der Waals surface area contributed by atoms with Crippen molar-refractivity contribution in [3.05, 3.63) is 17.4 Å². The minimum absolute atomic E-state index is 0.350. The molecule has 1 N–H and O–H groups in total. The van der Waals surface area contributed by atoms with Gasteiger partial charge in [-0.1, -0.05) is 0 Å². The van der Waals surface area contributed by atoms with Crippen molar-refractivity contribution in [3.63, 3.8) is 0 Å². The predicted molar refractivity (Wildman–Crippen MR) is 28.1 cm³/mol. The number of nitrogens with one attached hydrogen (secondary N) is 1. The van der Waals surface area contributed by atoms with E-state index in [4.69, 9.17) is 1.37 Å². The molecule has 0 aliphatic heterocycles. The minimum atomic E-state index is 0.350. The van der Waals surface area contributed by atoms with Crippen LogP contribution in [0, 0.1) is 13.8 Å². The van der Waals surface area contributed by atoms with Gasteiger partial charge in [-0.2, -0.15) is 5.10 Å². The van der Waals surface area contributed by atoms with Gasteiger partial charge in [-0.25, -0.2) is 0 Å². The molecule has 2 nitrogen and oxygen atoms in total. The number of nitrogens with zero attached hydrogens (tertiary/aromatic N) is 1. The summed E-state index contributed by atoms with van der Waals surface area (Å²) in [6.07, 6.45) is 0.350. The summed E-state index contributed by atoms with van der Waals surface area (Å²) in [6, 6.07) is 0. The van der Waals surface area contributed by atoms with Crippen LogP contribution in [-0.4, -0.2) is 10.2 Å². The number of aromatic nitrogens is 2. The molecule has 0 amide bonds. The highest BCUT2D eigenvalue weighted by molar-refractivity contribution is 5.10. The molecule has 7 heavy (non-hydrogen) atoms. The predicted octanol–water partition coefficient (Wildman–Crippen LogP) is 1.03. The number of aromatic amines is 1. The van der Waals surface area contributed by atoms with Gasteiger partial charge in [-0.15, -0.1) is 0 Å². The van der Waals surface area contributed by atoms with Crippen molar-refractivity contribution >= 4 is 0 Å². The maximum atomic E-state index is 7.10. The second-order valence-corrected chi connectivity index (χ2v) is 1.59. The van der Waals surface area contributed by atoms with E-state index in [2.05, 4.69) is 10.2 Å². The van der Waals surface area contributed by atoms with Crippen molar-refractivity contribution in [3.8, 4) is 0 Å². The SMILES string of the molecule is [2H]c1n[nH]c(C)c1C. The van der Waals surface area contributed by atoms with Gasteiger partial charge < -0.3 is 0 Å². The average Bonchev–Trinajstić information content (AvgIpc) is 1.98. The first-order valence-electron chi connectivity index (χ1n) is 2.70. The summed E-state index contributed by atoms with van der Waals surface area (Å²) in [4.78, 5) is 0. The fourth-order valence-electron chi connectivity index (χ4n) is 0.363. The molecule has 2 heteroatoms. The Balaban J connectivity index is 3.19.